The summed E-state index contributed by atoms with van der Waals surface area (Å²) in [6.45, 7) is 6.08. The summed E-state index contributed by atoms with van der Waals surface area (Å²) in [4.78, 5) is 9.53. The van der Waals surface area contributed by atoms with Gasteiger partial charge in [-0.25, -0.2) is 0 Å². The normalized spacial score (nSPS) is 30.1. The smallest absolute Gasteiger partial charge is 0.0543 e. The largest absolute Gasteiger partial charge is 0.306 e. The van der Waals surface area contributed by atoms with Gasteiger partial charge in [-0.2, -0.15) is 0 Å². The Bertz CT molecular complexity index is 392. The van der Waals surface area contributed by atoms with Gasteiger partial charge < -0.3 is 4.90 Å². The van der Waals surface area contributed by atoms with Gasteiger partial charge in [0.25, 0.3) is 0 Å². The molecule has 0 amide bonds. The summed E-state index contributed by atoms with van der Waals surface area (Å²) < 4.78 is 0. The van der Waals surface area contributed by atoms with Crippen molar-refractivity contribution in [1.82, 2.24) is 14.8 Å². The number of nitrogens with zero attached hydrogens (tertiary/aromatic N) is 3. The number of hydrogen-bond acceptors (Lipinski definition) is 3. The van der Waals surface area contributed by atoms with Crippen LogP contribution in [0, 0.1) is 5.41 Å². The zero-order chi connectivity index (χ0) is 12.4. The van der Waals surface area contributed by atoms with E-state index in [9.17, 15) is 0 Å². The van der Waals surface area contributed by atoms with Crippen molar-refractivity contribution in [2.45, 2.75) is 25.8 Å². The molecule has 3 nitrogen and oxygen atoms in total. The number of hydrogen-bond donors (Lipinski definition) is 0. The van der Waals surface area contributed by atoms with Gasteiger partial charge in [-0.1, -0.05) is 6.07 Å². The number of rotatable bonds is 2. The van der Waals surface area contributed by atoms with Crippen LogP contribution < -0.4 is 0 Å². The lowest BCUT2D eigenvalue weighted by Crippen LogP contribution is -2.42. The molecule has 18 heavy (non-hydrogen) atoms. The predicted octanol–water partition coefficient (Wildman–Crippen LogP) is 2.00. The molecule has 2 fully saturated rings. The van der Waals surface area contributed by atoms with Crippen LogP contribution in [0.5, 0.6) is 0 Å². The van der Waals surface area contributed by atoms with Crippen LogP contribution in [0.4, 0.5) is 0 Å². The molecule has 0 N–H and O–H groups in total. The standard InChI is InChI=1S/C15H23N3/c1-17-9-4-6-15(12-17)7-10-18(13-15)11-14-5-2-3-8-16-14/h2-3,5,8H,4,6-7,9-13H2,1H3/t15-/m0/s1. The van der Waals surface area contributed by atoms with E-state index in [-0.39, 0.29) is 0 Å². The van der Waals surface area contributed by atoms with E-state index in [1.165, 1.54) is 51.1 Å². The highest BCUT2D eigenvalue weighted by Crippen LogP contribution is 2.38. The molecule has 0 aromatic carbocycles. The molecule has 0 aliphatic carbocycles. The van der Waals surface area contributed by atoms with E-state index >= 15 is 0 Å². The zero-order valence-corrected chi connectivity index (χ0v) is 11.3. The summed E-state index contributed by atoms with van der Waals surface area (Å²) in [5, 5.41) is 0. The molecule has 3 rings (SSSR count). The van der Waals surface area contributed by atoms with Gasteiger partial charge in [0.2, 0.25) is 0 Å². The van der Waals surface area contributed by atoms with Crippen molar-refractivity contribution in [3.05, 3.63) is 30.1 Å². The molecule has 1 aromatic heterocycles. The molecule has 3 heteroatoms. The van der Waals surface area contributed by atoms with Crippen LogP contribution >= 0.6 is 0 Å². The van der Waals surface area contributed by atoms with Crippen LogP contribution in [0.3, 0.4) is 0 Å². The molecular formula is C15H23N3. The molecule has 0 bridgehead atoms. The first-order valence-corrected chi connectivity index (χ1v) is 7.07. The fourth-order valence-electron chi connectivity index (χ4n) is 3.67. The van der Waals surface area contributed by atoms with Gasteiger partial charge in [-0.15, -0.1) is 0 Å². The number of aromatic nitrogens is 1. The van der Waals surface area contributed by atoms with Crippen LogP contribution in [-0.4, -0.2) is 48.0 Å². The van der Waals surface area contributed by atoms with E-state index in [0.29, 0.717) is 5.41 Å². The number of pyridine rings is 1. The Kier molecular flexibility index (Phi) is 3.35. The van der Waals surface area contributed by atoms with Gasteiger partial charge in [-0.05, 0) is 56.9 Å². The summed E-state index contributed by atoms with van der Waals surface area (Å²) in [6, 6.07) is 6.21. The molecule has 0 unspecified atom stereocenters. The molecular weight excluding hydrogens is 222 g/mol. The first-order chi connectivity index (χ1) is 8.76. The van der Waals surface area contributed by atoms with Gasteiger partial charge in [-0.3, -0.25) is 9.88 Å². The van der Waals surface area contributed by atoms with Crippen LogP contribution in [0.2, 0.25) is 0 Å². The summed E-state index contributed by atoms with van der Waals surface area (Å²) in [5.41, 5.74) is 1.78. The van der Waals surface area contributed by atoms with Gasteiger partial charge >= 0.3 is 0 Å². The van der Waals surface area contributed by atoms with Crippen molar-refractivity contribution in [3.63, 3.8) is 0 Å². The Morgan fingerprint density at radius 1 is 1.22 bits per heavy atom. The van der Waals surface area contributed by atoms with Crippen molar-refractivity contribution in [3.8, 4) is 0 Å². The second-order valence-electron chi connectivity index (χ2n) is 6.12. The molecule has 2 aliphatic heterocycles. The van der Waals surface area contributed by atoms with E-state index in [2.05, 4.69) is 34.0 Å². The number of likely N-dealkylation sites (tertiary alicyclic amines) is 2. The van der Waals surface area contributed by atoms with E-state index in [1.54, 1.807) is 0 Å². The van der Waals surface area contributed by atoms with Crippen LogP contribution in [0.1, 0.15) is 25.0 Å². The minimum absolute atomic E-state index is 0.571. The lowest BCUT2D eigenvalue weighted by Gasteiger charge is -2.38. The van der Waals surface area contributed by atoms with Crippen LogP contribution in [0.25, 0.3) is 0 Å². The van der Waals surface area contributed by atoms with Gasteiger partial charge in [0.05, 0.1) is 5.69 Å². The third-order valence-corrected chi connectivity index (χ3v) is 4.48. The van der Waals surface area contributed by atoms with E-state index in [1.807, 2.05) is 12.3 Å². The molecule has 1 aromatic rings. The fraction of sp³-hybridized carbons (Fsp3) is 0.667. The summed E-state index contributed by atoms with van der Waals surface area (Å²) in [7, 11) is 2.27. The minimum atomic E-state index is 0.571. The first-order valence-electron chi connectivity index (χ1n) is 7.07. The summed E-state index contributed by atoms with van der Waals surface area (Å²) in [5.74, 6) is 0. The summed E-state index contributed by atoms with van der Waals surface area (Å²) >= 11 is 0. The Hall–Kier alpha value is -0.930. The highest BCUT2D eigenvalue weighted by atomic mass is 15.2. The average Bonchev–Trinajstić information content (AvgIpc) is 2.73. The average molecular weight is 245 g/mol. The Morgan fingerprint density at radius 3 is 2.94 bits per heavy atom. The highest BCUT2D eigenvalue weighted by Gasteiger charge is 2.40. The van der Waals surface area contributed by atoms with E-state index < -0.39 is 0 Å². The van der Waals surface area contributed by atoms with Gasteiger partial charge in [0.15, 0.2) is 0 Å². The van der Waals surface area contributed by atoms with Gasteiger partial charge in [0.1, 0.15) is 0 Å². The predicted molar refractivity (Wildman–Crippen MR) is 73.3 cm³/mol. The van der Waals surface area contributed by atoms with Crippen molar-refractivity contribution >= 4 is 0 Å². The molecule has 98 valence electrons. The lowest BCUT2D eigenvalue weighted by atomic mass is 9.79. The Balaban J connectivity index is 1.61. The van der Waals surface area contributed by atoms with Crippen molar-refractivity contribution in [2.75, 3.05) is 33.2 Å². The maximum Gasteiger partial charge on any atom is 0.0543 e. The molecule has 1 spiro atoms. The third-order valence-electron chi connectivity index (χ3n) is 4.48. The Morgan fingerprint density at radius 2 is 2.17 bits per heavy atom. The molecule has 3 heterocycles. The first kappa shape index (κ1) is 12.1. The maximum absolute atomic E-state index is 4.44. The van der Waals surface area contributed by atoms with E-state index in [0.717, 1.165) is 6.54 Å². The third kappa shape index (κ3) is 2.57. The second kappa shape index (κ2) is 4.98. The van der Waals surface area contributed by atoms with Crippen molar-refractivity contribution in [1.29, 1.82) is 0 Å². The molecule has 0 saturated carbocycles. The fourth-order valence-corrected chi connectivity index (χ4v) is 3.67. The van der Waals surface area contributed by atoms with Crippen LogP contribution in [0.15, 0.2) is 24.4 Å². The van der Waals surface area contributed by atoms with E-state index in [4.69, 9.17) is 0 Å². The molecule has 0 radical (unpaired) electrons. The zero-order valence-electron chi connectivity index (χ0n) is 11.3. The second-order valence-corrected chi connectivity index (χ2v) is 6.12. The van der Waals surface area contributed by atoms with Crippen molar-refractivity contribution in [2.24, 2.45) is 5.41 Å². The Labute approximate surface area is 110 Å². The SMILES string of the molecule is CN1CCC[C@]2(CCN(Cc3ccccn3)C2)C1. The quantitative estimate of drug-likeness (QED) is 0.794. The summed E-state index contributed by atoms with van der Waals surface area (Å²) in [6.07, 6.45) is 6.05. The highest BCUT2D eigenvalue weighted by molar-refractivity contribution is 5.04. The lowest BCUT2D eigenvalue weighted by molar-refractivity contribution is 0.112. The number of piperidine rings is 1. The van der Waals surface area contributed by atoms with Gasteiger partial charge in [0, 0.05) is 25.8 Å². The van der Waals surface area contributed by atoms with Crippen LogP contribution in [-0.2, 0) is 6.54 Å². The van der Waals surface area contributed by atoms with Crippen molar-refractivity contribution < 1.29 is 0 Å². The molecule has 2 aliphatic rings. The minimum Gasteiger partial charge on any atom is -0.306 e. The maximum atomic E-state index is 4.44. The topological polar surface area (TPSA) is 19.4 Å². The monoisotopic (exact) mass is 245 g/mol. The molecule has 1 atom stereocenters. The molecule has 2 saturated heterocycles.